The van der Waals surface area contributed by atoms with Crippen LogP contribution in [0, 0.1) is 0 Å². The maximum atomic E-state index is 12.1. The van der Waals surface area contributed by atoms with Crippen LogP contribution >= 0.6 is 0 Å². The molecule has 0 aliphatic carbocycles. The number of carbonyl (C=O) groups excluding carboxylic acids is 1. The average Bonchev–Trinajstić information content (AvgIpc) is 3.30. The normalized spacial score (nSPS) is 16.5. The maximum absolute atomic E-state index is 12.1. The lowest BCUT2D eigenvalue weighted by atomic mass is 10.1. The Morgan fingerprint density at radius 3 is 2.65 bits per heavy atom. The van der Waals surface area contributed by atoms with Crippen LogP contribution in [0.3, 0.4) is 0 Å². The van der Waals surface area contributed by atoms with E-state index in [9.17, 15) is 4.79 Å². The molecule has 3 aromatic rings. The highest BCUT2D eigenvalue weighted by atomic mass is 16.4. The second kappa shape index (κ2) is 9.22. The summed E-state index contributed by atoms with van der Waals surface area (Å²) in [6.45, 7) is 6.85. The van der Waals surface area contributed by atoms with E-state index >= 15 is 0 Å². The SMILES string of the molecule is CCC(=O)N1CCN(c2cncc(-c3nnc(-c4ccc(CNC)cc4)o3)n2)C[C@H]1C. The van der Waals surface area contributed by atoms with Crippen LogP contribution in [0.4, 0.5) is 5.82 Å². The Bertz CT molecular complexity index is 1030. The molecule has 162 valence electrons. The van der Waals surface area contributed by atoms with Crippen LogP contribution in [-0.2, 0) is 11.3 Å². The number of piperazine rings is 1. The van der Waals surface area contributed by atoms with Crippen molar-refractivity contribution in [3.8, 4) is 23.0 Å². The van der Waals surface area contributed by atoms with Crippen molar-refractivity contribution in [3.05, 3.63) is 42.2 Å². The second-order valence-electron chi connectivity index (χ2n) is 7.64. The summed E-state index contributed by atoms with van der Waals surface area (Å²) in [5, 5.41) is 11.5. The van der Waals surface area contributed by atoms with E-state index in [0.717, 1.165) is 17.9 Å². The largest absolute Gasteiger partial charge is 0.415 e. The van der Waals surface area contributed by atoms with Crippen LogP contribution in [0.15, 0.2) is 41.1 Å². The van der Waals surface area contributed by atoms with E-state index in [1.807, 2.05) is 43.1 Å². The number of nitrogens with zero attached hydrogens (tertiary/aromatic N) is 6. The Labute approximate surface area is 181 Å². The number of carbonyl (C=O) groups is 1. The molecule has 1 aliphatic heterocycles. The van der Waals surface area contributed by atoms with Crippen LogP contribution in [0.2, 0.25) is 0 Å². The molecule has 1 atom stereocenters. The van der Waals surface area contributed by atoms with E-state index in [0.29, 0.717) is 43.5 Å². The van der Waals surface area contributed by atoms with Gasteiger partial charge in [-0.15, -0.1) is 10.2 Å². The Morgan fingerprint density at radius 1 is 1.16 bits per heavy atom. The van der Waals surface area contributed by atoms with Crippen LogP contribution in [-0.4, -0.2) is 63.7 Å². The van der Waals surface area contributed by atoms with E-state index < -0.39 is 0 Å². The summed E-state index contributed by atoms with van der Waals surface area (Å²) >= 11 is 0. The van der Waals surface area contributed by atoms with Gasteiger partial charge in [-0.05, 0) is 31.7 Å². The van der Waals surface area contributed by atoms with Crippen LogP contribution in [0.1, 0.15) is 25.8 Å². The molecule has 0 bridgehead atoms. The summed E-state index contributed by atoms with van der Waals surface area (Å²) in [4.78, 5) is 25.2. The summed E-state index contributed by atoms with van der Waals surface area (Å²) in [6.07, 6.45) is 3.87. The fourth-order valence-electron chi connectivity index (χ4n) is 3.76. The van der Waals surface area contributed by atoms with Gasteiger partial charge in [0, 0.05) is 44.2 Å². The summed E-state index contributed by atoms with van der Waals surface area (Å²) in [5.74, 6) is 1.70. The minimum Gasteiger partial charge on any atom is -0.415 e. The Balaban J connectivity index is 1.50. The average molecular weight is 422 g/mol. The van der Waals surface area contributed by atoms with Crippen molar-refractivity contribution in [2.45, 2.75) is 32.9 Å². The van der Waals surface area contributed by atoms with Crippen LogP contribution in [0.5, 0.6) is 0 Å². The molecule has 0 spiro atoms. The van der Waals surface area contributed by atoms with Crippen molar-refractivity contribution in [1.82, 2.24) is 30.4 Å². The van der Waals surface area contributed by atoms with Gasteiger partial charge in [0.25, 0.3) is 5.89 Å². The molecule has 9 nitrogen and oxygen atoms in total. The lowest BCUT2D eigenvalue weighted by Crippen LogP contribution is -2.54. The number of aromatic nitrogens is 4. The van der Waals surface area contributed by atoms with Crippen molar-refractivity contribution in [2.75, 3.05) is 31.6 Å². The maximum Gasteiger partial charge on any atom is 0.268 e. The van der Waals surface area contributed by atoms with Crippen molar-refractivity contribution in [1.29, 1.82) is 0 Å². The summed E-state index contributed by atoms with van der Waals surface area (Å²) in [6, 6.07) is 8.10. The van der Waals surface area contributed by atoms with Crippen molar-refractivity contribution in [2.24, 2.45) is 0 Å². The molecule has 0 radical (unpaired) electrons. The number of benzene rings is 1. The number of nitrogens with one attached hydrogen (secondary N) is 1. The van der Waals surface area contributed by atoms with Crippen molar-refractivity contribution >= 4 is 11.7 Å². The van der Waals surface area contributed by atoms with Gasteiger partial charge in [0.1, 0.15) is 11.5 Å². The van der Waals surface area contributed by atoms with Crippen LogP contribution in [0.25, 0.3) is 23.0 Å². The van der Waals surface area contributed by atoms with Gasteiger partial charge < -0.3 is 19.5 Å². The number of anilines is 1. The zero-order valence-corrected chi connectivity index (χ0v) is 18.1. The molecular formula is C22H27N7O2. The third-order valence-electron chi connectivity index (χ3n) is 5.42. The first kappa shape index (κ1) is 20.9. The number of hydrogen-bond donors (Lipinski definition) is 1. The zero-order chi connectivity index (χ0) is 21.8. The topological polar surface area (TPSA) is 100 Å². The molecule has 1 fully saturated rings. The molecular weight excluding hydrogens is 394 g/mol. The lowest BCUT2D eigenvalue weighted by molar-refractivity contribution is -0.133. The monoisotopic (exact) mass is 421 g/mol. The minimum absolute atomic E-state index is 0.118. The molecule has 1 saturated heterocycles. The molecule has 1 amide bonds. The number of hydrogen-bond acceptors (Lipinski definition) is 8. The van der Waals surface area contributed by atoms with Gasteiger partial charge in [0.2, 0.25) is 11.8 Å². The molecule has 31 heavy (non-hydrogen) atoms. The molecule has 1 N–H and O–H groups in total. The molecule has 9 heteroatoms. The predicted octanol–water partition coefficient (Wildman–Crippen LogP) is 2.36. The molecule has 4 rings (SSSR count). The molecule has 0 saturated carbocycles. The van der Waals surface area contributed by atoms with Crippen LogP contribution < -0.4 is 10.2 Å². The van der Waals surface area contributed by atoms with E-state index in [2.05, 4.69) is 32.3 Å². The number of rotatable bonds is 6. The molecule has 0 unspecified atom stereocenters. The Morgan fingerprint density at radius 2 is 1.94 bits per heavy atom. The quantitative estimate of drug-likeness (QED) is 0.647. The van der Waals surface area contributed by atoms with E-state index in [1.165, 1.54) is 5.56 Å². The Hall–Kier alpha value is -3.33. The van der Waals surface area contributed by atoms with Gasteiger partial charge >= 0.3 is 0 Å². The van der Waals surface area contributed by atoms with E-state index in [-0.39, 0.29) is 11.9 Å². The van der Waals surface area contributed by atoms with Gasteiger partial charge in [-0.2, -0.15) is 0 Å². The zero-order valence-electron chi connectivity index (χ0n) is 18.1. The summed E-state index contributed by atoms with van der Waals surface area (Å²) in [7, 11) is 1.92. The fraction of sp³-hybridized carbons (Fsp3) is 0.409. The molecule has 2 aromatic heterocycles. The highest BCUT2D eigenvalue weighted by Crippen LogP contribution is 2.25. The third-order valence-corrected chi connectivity index (χ3v) is 5.42. The summed E-state index contributed by atoms with van der Waals surface area (Å²) < 4.78 is 5.87. The summed E-state index contributed by atoms with van der Waals surface area (Å²) in [5.41, 5.74) is 2.57. The first-order chi connectivity index (χ1) is 15.1. The standard InChI is InChI=1S/C22H27N7O2/c1-4-20(30)29-10-9-28(14-15(29)2)19-13-24-12-18(25-19)22-27-26-21(31-22)17-7-5-16(6-8-17)11-23-3/h5-8,12-13,15,23H,4,9-11,14H2,1-3H3/t15-/m1/s1. The van der Waals surface area contributed by atoms with Gasteiger partial charge in [-0.1, -0.05) is 19.1 Å². The van der Waals surface area contributed by atoms with Crippen molar-refractivity contribution < 1.29 is 9.21 Å². The van der Waals surface area contributed by atoms with E-state index in [1.54, 1.807) is 12.4 Å². The lowest BCUT2D eigenvalue weighted by Gasteiger charge is -2.40. The van der Waals surface area contributed by atoms with Gasteiger partial charge in [-0.3, -0.25) is 9.78 Å². The van der Waals surface area contributed by atoms with Gasteiger partial charge in [0.15, 0.2) is 0 Å². The van der Waals surface area contributed by atoms with Crippen molar-refractivity contribution in [3.63, 3.8) is 0 Å². The minimum atomic E-state index is 0.118. The first-order valence-electron chi connectivity index (χ1n) is 10.5. The molecule has 3 heterocycles. The number of amides is 1. The van der Waals surface area contributed by atoms with E-state index in [4.69, 9.17) is 9.40 Å². The highest BCUT2D eigenvalue weighted by Gasteiger charge is 2.27. The highest BCUT2D eigenvalue weighted by molar-refractivity contribution is 5.76. The Kier molecular flexibility index (Phi) is 6.22. The second-order valence-corrected chi connectivity index (χ2v) is 7.64. The fourth-order valence-corrected chi connectivity index (χ4v) is 3.76. The molecule has 1 aromatic carbocycles. The van der Waals surface area contributed by atoms with Gasteiger partial charge in [0.05, 0.1) is 12.4 Å². The van der Waals surface area contributed by atoms with Gasteiger partial charge in [-0.25, -0.2) is 4.98 Å². The molecule has 1 aliphatic rings. The third kappa shape index (κ3) is 4.56. The first-order valence-corrected chi connectivity index (χ1v) is 10.5. The predicted molar refractivity (Wildman–Crippen MR) is 117 cm³/mol. The smallest absolute Gasteiger partial charge is 0.268 e.